The summed E-state index contributed by atoms with van der Waals surface area (Å²) in [7, 11) is 0. The van der Waals surface area contributed by atoms with E-state index in [1.165, 1.54) is 6.08 Å². The van der Waals surface area contributed by atoms with E-state index in [1.807, 2.05) is 0 Å². The largest absolute Gasteiger partial charge is 0.349 e. The van der Waals surface area contributed by atoms with Crippen molar-refractivity contribution in [3.8, 4) is 0 Å². The minimum Gasteiger partial charge on any atom is -0.349 e. The molecule has 2 aliphatic rings. The number of carbonyl (C=O) groups excluding carboxylic acids is 1. The Morgan fingerprint density at radius 2 is 2.50 bits per heavy atom. The summed E-state index contributed by atoms with van der Waals surface area (Å²) >= 11 is 0. The average molecular weight is 166 g/mol. The van der Waals surface area contributed by atoms with Gasteiger partial charge in [0.25, 0.3) is 0 Å². The van der Waals surface area contributed by atoms with Crippen molar-refractivity contribution in [2.24, 2.45) is 11.8 Å². The molecular weight excluding hydrogens is 152 g/mol. The fourth-order valence-corrected chi connectivity index (χ4v) is 2.23. The molecule has 1 saturated heterocycles. The lowest BCUT2D eigenvalue weighted by Crippen LogP contribution is -2.35. The van der Waals surface area contributed by atoms with Crippen molar-refractivity contribution < 1.29 is 4.79 Å². The first kappa shape index (κ1) is 7.80. The van der Waals surface area contributed by atoms with Crippen LogP contribution in [0.1, 0.15) is 6.92 Å². The lowest BCUT2D eigenvalue weighted by Gasteiger charge is -2.10. The van der Waals surface area contributed by atoms with E-state index in [4.69, 9.17) is 0 Å². The summed E-state index contributed by atoms with van der Waals surface area (Å²) in [5.74, 6) is 1.29. The Morgan fingerprint density at radius 1 is 1.75 bits per heavy atom. The van der Waals surface area contributed by atoms with Crippen LogP contribution in [0.15, 0.2) is 12.7 Å². The molecule has 2 N–H and O–H groups in total. The summed E-state index contributed by atoms with van der Waals surface area (Å²) in [5, 5.41) is 6.30. The molecule has 4 unspecified atom stereocenters. The molecule has 2 fully saturated rings. The van der Waals surface area contributed by atoms with Crippen LogP contribution < -0.4 is 10.6 Å². The fraction of sp³-hybridized carbons (Fsp3) is 0.667. The smallest absolute Gasteiger partial charge is 0.243 e. The third-order valence-corrected chi connectivity index (χ3v) is 2.98. The second kappa shape index (κ2) is 2.59. The van der Waals surface area contributed by atoms with Crippen molar-refractivity contribution in [3.63, 3.8) is 0 Å². The summed E-state index contributed by atoms with van der Waals surface area (Å²) in [5.41, 5.74) is 0. The minimum absolute atomic E-state index is 0.0402. The predicted octanol–water partition coefficient (Wildman–Crippen LogP) is -0.105. The highest BCUT2D eigenvalue weighted by atomic mass is 16.1. The Kier molecular flexibility index (Phi) is 1.68. The van der Waals surface area contributed by atoms with Crippen LogP contribution in [0.4, 0.5) is 0 Å². The van der Waals surface area contributed by atoms with Gasteiger partial charge in [0.05, 0.1) is 0 Å². The van der Waals surface area contributed by atoms with Gasteiger partial charge in [-0.1, -0.05) is 6.58 Å². The number of rotatable bonds is 2. The van der Waals surface area contributed by atoms with Crippen LogP contribution in [-0.4, -0.2) is 24.5 Å². The molecule has 3 nitrogen and oxygen atoms in total. The number of fused-ring (bicyclic) bond motifs is 1. The average Bonchev–Trinajstić information content (AvgIpc) is 2.59. The molecule has 0 radical (unpaired) electrons. The highest BCUT2D eigenvalue weighted by Crippen LogP contribution is 2.45. The summed E-state index contributed by atoms with van der Waals surface area (Å²) in [6, 6.07) is 0.969. The van der Waals surface area contributed by atoms with Gasteiger partial charge in [-0.15, -0.1) is 0 Å². The van der Waals surface area contributed by atoms with Crippen molar-refractivity contribution in [2.45, 2.75) is 19.0 Å². The Balaban J connectivity index is 1.87. The molecule has 1 aliphatic carbocycles. The predicted molar refractivity (Wildman–Crippen MR) is 46.6 cm³/mol. The SMILES string of the molecule is C=CC(=O)NC1C2CNC(C)C21. The first-order valence-corrected chi connectivity index (χ1v) is 4.40. The molecule has 0 aromatic carbocycles. The lowest BCUT2D eigenvalue weighted by atomic mass is 10.2. The second-order valence-electron chi connectivity index (χ2n) is 3.68. The zero-order valence-electron chi connectivity index (χ0n) is 7.21. The highest BCUT2D eigenvalue weighted by Gasteiger charge is 2.57. The van der Waals surface area contributed by atoms with Crippen molar-refractivity contribution in [1.29, 1.82) is 0 Å². The molecule has 1 heterocycles. The number of hydrogen-bond donors (Lipinski definition) is 2. The van der Waals surface area contributed by atoms with E-state index >= 15 is 0 Å². The van der Waals surface area contributed by atoms with E-state index in [1.54, 1.807) is 0 Å². The van der Waals surface area contributed by atoms with E-state index in [-0.39, 0.29) is 5.91 Å². The summed E-state index contributed by atoms with van der Waals surface area (Å²) < 4.78 is 0. The van der Waals surface area contributed by atoms with Gasteiger partial charge in [0.15, 0.2) is 0 Å². The van der Waals surface area contributed by atoms with Gasteiger partial charge in [0.2, 0.25) is 5.91 Å². The Bertz CT molecular complexity index is 227. The van der Waals surface area contributed by atoms with Crippen molar-refractivity contribution in [1.82, 2.24) is 10.6 Å². The molecule has 1 amide bonds. The molecule has 0 spiro atoms. The lowest BCUT2D eigenvalue weighted by molar-refractivity contribution is -0.116. The third kappa shape index (κ3) is 1.05. The normalized spacial score (nSPS) is 43.4. The van der Waals surface area contributed by atoms with Crippen LogP contribution in [0, 0.1) is 11.8 Å². The van der Waals surface area contributed by atoms with Gasteiger partial charge >= 0.3 is 0 Å². The zero-order valence-corrected chi connectivity index (χ0v) is 7.21. The second-order valence-corrected chi connectivity index (χ2v) is 3.68. The summed E-state index contributed by atoms with van der Waals surface area (Å²) in [6.07, 6.45) is 1.34. The van der Waals surface area contributed by atoms with E-state index in [2.05, 4.69) is 24.1 Å². The van der Waals surface area contributed by atoms with E-state index in [0.717, 1.165) is 6.54 Å². The topological polar surface area (TPSA) is 41.1 Å². The Morgan fingerprint density at radius 3 is 3.00 bits per heavy atom. The number of amides is 1. The van der Waals surface area contributed by atoms with Crippen molar-refractivity contribution >= 4 is 5.91 Å². The zero-order chi connectivity index (χ0) is 8.72. The molecule has 66 valence electrons. The van der Waals surface area contributed by atoms with Gasteiger partial charge in [-0.2, -0.15) is 0 Å². The molecule has 4 atom stereocenters. The summed E-state index contributed by atoms with van der Waals surface area (Å²) in [6.45, 7) is 6.65. The minimum atomic E-state index is -0.0402. The van der Waals surface area contributed by atoms with Crippen LogP contribution in [-0.2, 0) is 4.79 Å². The first-order valence-electron chi connectivity index (χ1n) is 4.40. The van der Waals surface area contributed by atoms with Gasteiger partial charge < -0.3 is 10.6 Å². The van der Waals surface area contributed by atoms with E-state index in [0.29, 0.717) is 23.9 Å². The molecule has 12 heavy (non-hydrogen) atoms. The van der Waals surface area contributed by atoms with Gasteiger partial charge in [-0.3, -0.25) is 4.79 Å². The molecular formula is C9H14N2O. The number of carbonyl (C=O) groups is 1. The van der Waals surface area contributed by atoms with E-state index in [9.17, 15) is 4.79 Å². The first-order chi connectivity index (χ1) is 5.74. The molecule has 2 rings (SSSR count). The molecule has 0 aromatic rings. The van der Waals surface area contributed by atoms with Crippen LogP contribution in [0.25, 0.3) is 0 Å². The molecule has 0 aromatic heterocycles. The fourth-order valence-electron chi connectivity index (χ4n) is 2.23. The molecule has 0 bridgehead atoms. The highest BCUT2D eigenvalue weighted by molar-refractivity contribution is 5.87. The quantitative estimate of drug-likeness (QED) is 0.562. The maximum Gasteiger partial charge on any atom is 0.243 e. The standard InChI is InChI=1S/C9H14N2O/c1-3-7(12)11-9-6-4-10-5(2)8(6)9/h3,5-6,8-10H,1,4H2,2H3,(H,11,12). The summed E-state index contributed by atoms with van der Waals surface area (Å²) in [4.78, 5) is 11.0. The third-order valence-electron chi connectivity index (χ3n) is 2.98. The number of piperidine rings is 1. The Labute approximate surface area is 72.2 Å². The van der Waals surface area contributed by atoms with Crippen LogP contribution >= 0.6 is 0 Å². The number of nitrogens with one attached hydrogen (secondary N) is 2. The van der Waals surface area contributed by atoms with Gasteiger partial charge in [0, 0.05) is 24.5 Å². The maximum atomic E-state index is 11.0. The van der Waals surface area contributed by atoms with Crippen LogP contribution in [0.2, 0.25) is 0 Å². The van der Waals surface area contributed by atoms with E-state index < -0.39 is 0 Å². The van der Waals surface area contributed by atoms with Crippen molar-refractivity contribution in [2.75, 3.05) is 6.54 Å². The molecule has 1 saturated carbocycles. The van der Waals surface area contributed by atoms with Crippen LogP contribution in [0.3, 0.4) is 0 Å². The Hall–Kier alpha value is -0.830. The monoisotopic (exact) mass is 166 g/mol. The maximum absolute atomic E-state index is 11.0. The van der Waals surface area contributed by atoms with Crippen molar-refractivity contribution in [3.05, 3.63) is 12.7 Å². The molecule has 3 heteroatoms. The van der Waals surface area contributed by atoms with Gasteiger partial charge in [-0.05, 0) is 18.9 Å². The molecule has 1 aliphatic heterocycles. The van der Waals surface area contributed by atoms with Gasteiger partial charge in [-0.25, -0.2) is 0 Å². The van der Waals surface area contributed by atoms with Crippen LogP contribution in [0.5, 0.6) is 0 Å². The van der Waals surface area contributed by atoms with Gasteiger partial charge in [0.1, 0.15) is 0 Å². The number of hydrogen-bond acceptors (Lipinski definition) is 2.